The maximum absolute atomic E-state index is 5.51. The van der Waals surface area contributed by atoms with Crippen molar-refractivity contribution in [2.24, 2.45) is 0 Å². The van der Waals surface area contributed by atoms with Crippen molar-refractivity contribution in [1.29, 1.82) is 0 Å². The van der Waals surface area contributed by atoms with Gasteiger partial charge in [-0.1, -0.05) is 9.39 Å². The minimum absolute atomic E-state index is 0.0181. The van der Waals surface area contributed by atoms with E-state index in [1.807, 2.05) is 0 Å². The van der Waals surface area contributed by atoms with Crippen LogP contribution in [0.1, 0.15) is 27.7 Å². The molecule has 0 saturated heterocycles. The van der Waals surface area contributed by atoms with Crippen LogP contribution in [0.4, 0.5) is 0 Å². The Morgan fingerprint density at radius 2 is 2.00 bits per heavy atom. The van der Waals surface area contributed by atoms with Gasteiger partial charge in [0, 0.05) is 6.04 Å². The van der Waals surface area contributed by atoms with Crippen LogP contribution >= 0.6 is 9.39 Å². The maximum atomic E-state index is 5.51. The molecule has 0 fully saturated rings. The standard InChI is InChI=1S/C7H18NOP/c1-6(8-10)5-9-7(2,3)4/h6,8H,5,10H2,1-4H3. The molecular weight excluding hydrogens is 145 g/mol. The van der Waals surface area contributed by atoms with Crippen molar-refractivity contribution in [2.45, 2.75) is 39.3 Å². The average Bonchev–Trinajstić information content (AvgIpc) is 1.81. The van der Waals surface area contributed by atoms with E-state index in [4.69, 9.17) is 4.74 Å². The normalized spacial score (nSPS) is 15.3. The monoisotopic (exact) mass is 163 g/mol. The van der Waals surface area contributed by atoms with Gasteiger partial charge in [-0.25, -0.2) is 0 Å². The van der Waals surface area contributed by atoms with E-state index in [0.29, 0.717) is 6.04 Å². The lowest BCUT2D eigenvalue weighted by Crippen LogP contribution is -2.29. The Hall–Kier alpha value is 0.350. The summed E-state index contributed by atoms with van der Waals surface area (Å²) >= 11 is 0. The minimum atomic E-state index is -0.0181. The van der Waals surface area contributed by atoms with Crippen LogP contribution in [0.15, 0.2) is 0 Å². The largest absolute Gasteiger partial charge is 0.374 e. The van der Waals surface area contributed by atoms with Crippen LogP contribution in [0.25, 0.3) is 0 Å². The summed E-state index contributed by atoms with van der Waals surface area (Å²) < 4.78 is 5.51. The van der Waals surface area contributed by atoms with Crippen molar-refractivity contribution in [3.05, 3.63) is 0 Å². The van der Waals surface area contributed by atoms with Gasteiger partial charge < -0.3 is 4.74 Å². The van der Waals surface area contributed by atoms with Crippen molar-refractivity contribution in [3.8, 4) is 0 Å². The summed E-state index contributed by atoms with van der Waals surface area (Å²) in [5.41, 5.74) is -0.0181. The lowest BCUT2D eigenvalue weighted by molar-refractivity contribution is -0.00947. The van der Waals surface area contributed by atoms with E-state index in [0.717, 1.165) is 6.61 Å². The number of hydrogen-bond acceptors (Lipinski definition) is 2. The molecule has 3 heteroatoms. The molecule has 0 rings (SSSR count). The first-order valence-corrected chi connectivity index (χ1v) is 4.13. The third kappa shape index (κ3) is 6.47. The lowest BCUT2D eigenvalue weighted by Gasteiger charge is -2.21. The topological polar surface area (TPSA) is 21.3 Å². The van der Waals surface area contributed by atoms with Crippen molar-refractivity contribution in [2.75, 3.05) is 6.61 Å². The molecule has 0 aromatic heterocycles. The lowest BCUT2D eigenvalue weighted by atomic mass is 10.2. The van der Waals surface area contributed by atoms with E-state index >= 15 is 0 Å². The molecule has 0 saturated carbocycles. The minimum Gasteiger partial charge on any atom is -0.374 e. The Balaban J connectivity index is 3.36. The highest BCUT2D eigenvalue weighted by Crippen LogP contribution is 2.06. The zero-order valence-corrected chi connectivity index (χ0v) is 8.42. The highest BCUT2D eigenvalue weighted by atomic mass is 31.0. The first kappa shape index (κ1) is 10.3. The second-order valence-electron chi connectivity index (χ2n) is 3.49. The van der Waals surface area contributed by atoms with E-state index in [-0.39, 0.29) is 5.60 Å². The maximum Gasteiger partial charge on any atom is 0.0626 e. The molecular formula is C7H18NOP. The fourth-order valence-electron chi connectivity index (χ4n) is 0.423. The first-order valence-electron chi connectivity index (χ1n) is 3.56. The molecule has 0 bridgehead atoms. The number of rotatable bonds is 3. The van der Waals surface area contributed by atoms with E-state index in [2.05, 4.69) is 42.2 Å². The zero-order valence-electron chi connectivity index (χ0n) is 7.27. The molecule has 0 radical (unpaired) electrons. The van der Waals surface area contributed by atoms with Gasteiger partial charge >= 0.3 is 0 Å². The molecule has 2 atom stereocenters. The highest BCUT2D eigenvalue weighted by Gasteiger charge is 2.10. The molecule has 0 aliphatic rings. The summed E-state index contributed by atoms with van der Waals surface area (Å²) in [6, 6.07) is 0.407. The molecule has 0 amide bonds. The van der Waals surface area contributed by atoms with Crippen LogP contribution in [0.5, 0.6) is 0 Å². The van der Waals surface area contributed by atoms with Gasteiger partial charge in [-0.05, 0) is 27.7 Å². The summed E-state index contributed by atoms with van der Waals surface area (Å²) in [6.45, 7) is 9.01. The fraction of sp³-hybridized carbons (Fsp3) is 1.00. The van der Waals surface area contributed by atoms with Crippen LogP contribution in [0.3, 0.4) is 0 Å². The molecule has 0 aliphatic carbocycles. The Morgan fingerprint density at radius 1 is 1.50 bits per heavy atom. The number of nitrogens with one attached hydrogen (secondary N) is 1. The predicted octanol–water partition coefficient (Wildman–Crippen LogP) is 1.57. The molecule has 0 heterocycles. The van der Waals surface area contributed by atoms with Gasteiger partial charge in [-0.2, -0.15) is 0 Å². The van der Waals surface area contributed by atoms with Crippen LogP contribution in [-0.2, 0) is 4.74 Å². The van der Waals surface area contributed by atoms with Gasteiger partial charge in [-0.15, -0.1) is 0 Å². The summed E-state index contributed by atoms with van der Waals surface area (Å²) in [7, 11) is 2.48. The van der Waals surface area contributed by atoms with Crippen molar-refractivity contribution >= 4 is 9.39 Å². The molecule has 1 N–H and O–H groups in total. The molecule has 62 valence electrons. The Bertz CT molecular complexity index is 90.1. The van der Waals surface area contributed by atoms with Crippen LogP contribution in [-0.4, -0.2) is 18.2 Å². The van der Waals surface area contributed by atoms with E-state index < -0.39 is 0 Å². The fourth-order valence-corrected chi connectivity index (χ4v) is 0.519. The van der Waals surface area contributed by atoms with Crippen molar-refractivity contribution in [1.82, 2.24) is 5.09 Å². The van der Waals surface area contributed by atoms with Crippen LogP contribution in [0, 0.1) is 0 Å². The number of hydrogen-bond donors (Lipinski definition) is 1. The quantitative estimate of drug-likeness (QED) is 0.638. The summed E-state index contributed by atoms with van der Waals surface area (Å²) in [5.74, 6) is 0. The highest BCUT2D eigenvalue weighted by molar-refractivity contribution is 7.13. The van der Waals surface area contributed by atoms with Crippen LogP contribution in [0.2, 0.25) is 0 Å². The van der Waals surface area contributed by atoms with Gasteiger partial charge in [0.05, 0.1) is 12.2 Å². The Morgan fingerprint density at radius 3 is 2.30 bits per heavy atom. The Kier molecular flexibility index (Phi) is 4.42. The van der Waals surface area contributed by atoms with Gasteiger partial charge in [0.1, 0.15) is 0 Å². The van der Waals surface area contributed by atoms with E-state index in [1.165, 1.54) is 0 Å². The predicted molar refractivity (Wildman–Crippen MR) is 48.0 cm³/mol. The van der Waals surface area contributed by atoms with Gasteiger partial charge in [0.25, 0.3) is 0 Å². The smallest absolute Gasteiger partial charge is 0.0626 e. The van der Waals surface area contributed by atoms with Crippen molar-refractivity contribution in [3.63, 3.8) is 0 Å². The van der Waals surface area contributed by atoms with Crippen molar-refractivity contribution < 1.29 is 4.74 Å². The van der Waals surface area contributed by atoms with E-state index in [1.54, 1.807) is 0 Å². The summed E-state index contributed by atoms with van der Waals surface area (Å²) in [6.07, 6.45) is 0. The second-order valence-corrected chi connectivity index (χ2v) is 3.82. The van der Waals surface area contributed by atoms with Gasteiger partial charge in [0.15, 0.2) is 0 Å². The third-order valence-electron chi connectivity index (χ3n) is 1.05. The summed E-state index contributed by atoms with van der Waals surface area (Å²) in [5, 5.41) is 3.03. The molecule has 0 aliphatic heterocycles. The molecule has 2 unspecified atom stereocenters. The molecule has 0 aromatic rings. The first-order chi connectivity index (χ1) is 4.45. The number of ether oxygens (including phenoxy) is 1. The van der Waals surface area contributed by atoms with E-state index in [9.17, 15) is 0 Å². The molecule has 0 spiro atoms. The summed E-state index contributed by atoms with van der Waals surface area (Å²) in [4.78, 5) is 0. The third-order valence-corrected chi connectivity index (χ3v) is 1.62. The SMILES string of the molecule is CC(COC(C)(C)C)NP. The average molecular weight is 163 g/mol. The second kappa shape index (κ2) is 4.27. The van der Waals surface area contributed by atoms with Gasteiger partial charge in [0.2, 0.25) is 0 Å². The molecule has 0 aromatic carbocycles. The van der Waals surface area contributed by atoms with Crippen LogP contribution < -0.4 is 5.09 Å². The Labute approximate surface area is 66.0 Å². The van der Waals surface area contributed by atoms with Gasteiger partial charge in [-0.3, -0.25) is 5.09 Å². The zero-order chi connectivity index (χ0) is 8.20. The molecule has 10 heavy (non-hydrogen) atoms. The molecule has 2 nitrogen and oxygen atoms in total.